The highest BCUT2D eigenvalue weighted by molar-refractivity contribution is 5.97. The van der Waals surface area contributed by atoms with Gasteiger partial charge in [-0.2, -0.15) is 0 Å². The molecule has 9 nitrogen and oxygen atoms in total. The topological polar surface area (TPSA) is 139 Å². The van der Waals surface area contributed by atoms with Gasteiger partial charge in [-0.15, -0.1) is 0 Å². The van der Waals surface area contributed by atoms with E-state index in [0.29, 0.717) is 16.7 Å². The fourth-order valence-electron chi connectivity index (χ4n) is 3.76. The van der Waals surface area contributed by atoms with Gasteiger partial charge in [-0.05, 0) is 50.3 Å². The molecule has 0 aliphatic rings. The number of fused-ring (bicyclic) bond motifs is 2. The molecule has 3 aromatic rings. The normalized spacial score (nSPS) is 12.3. The molecule has 0 fully saturated rings. The van der Waals surface area contributed by atoms with Crippen LogP contribution in [0.2, 0.25) is 0 Å². The van der Waals surface area contributed by atoms with Crippen LogP contribution in [-0.4, -0.2) is 35.5 Å². The summed E-state index contributed by atoms with van der Waals surface area (Å²) >= 11 is 0. The molecular formula is C24H28N2O7. The lowest BCUT2D eigenvalue weighted by Gasteiger charge is -2.18. The van der Waals surface area contributed by atoms with Gasteiger partial charge >= 0.3 is 11.6 Å². The molecule has 1 unspecified atom stereocenters. The molecular weight excluding hydrogens is 428 g/mol. The monoisotopic (exact) mass is 456 g/mol. The Morgan fingerprint density at radius 3 is 2.24 bits per heavy atom. The molecule has 0 saturated carbocycles. The van der Waals surface area contributed by atoms with Crippen LogP contribution in [0, 0.1) is 26.7 Å². The first-order valence-electron chi connectivity index (χ1n) is 10.7. The van der Waals surface area contributed by atoms with Crippen molar-refractivity contribution in [3.63, 3.8) is 0 Å². The number of aryl methyl sites for hydroxylation is 3. The van der Waals surface area contributed by atoms with Crippen molar-refractivity contribution in [2.24, 2.45) is 5.92 Å². The SMILES string of the molecule is Cc1oc2cc3oc(=O)c(CCC(=O)NCC(=O)NC(C(=O)O)C(C)C)c(C)c3cc2c1C. The van der Waals surface area contributed by atoms with Crippen molar-refractivity contribution in [3.05, 3.63) is 45.0 Å². The first-order chi connectivity index (χ1) is 15.5. The number of carbonyl (C=O) groups excluding carboxylic acids is 2. The molecule has 0 saturated heterocycles. The van der Waals surface area contributed by atoms with Crippen molar-refractivity contribution in [1.29, 1.82) is 0 Å². The summed E-state index contributed by atoms with van der Waals surface area (Å²) in [5.41, 5.74) is 2.68. The van der Waals surface area contributed by atoms with E-state index in [0.717, 1.165) is 27.7 Å². The largest absolute Gasteiger partial charge is 0.480 e. The number of carboxylic acids is 1. The summed E-state index contributed by atoms with van der Waals surface area (Å²) < 4.78 is 11.2. The Balaban J connectivity index is 1.69. The van der Waals surface area contributed by atoms with Crippen LogP contribution in [0.4, 0.5) is 0 Å². The molecule has 0 radical (unpaired) electrons. The molecule has 2 amide bonds. The summed E-state index contributed by atoms with van der Waals surface area (Å²) in [5.74, 6) is -1.67. The Kier molecular flexibility index (Phi) is 6.90. The van der Waals surface area contributed by atoms with Crippen LogP contribution in [0.15, 0.2) is 25.8 Å². The number of furan rings is 1. The van der Waals surface area contributed by atoms with Gasteiger partial charge in [-0.1, -0.05) is 13.8 Å². The fraction of sp³-hybridized carbons (Fsp3) is 0.417. The van der Waals surface area contributed by atoms with E-state index in [1.165, 1.54) is 0 Å². The maximum absolute atomic E-state index is 12.5. The summed E-state index contributed by atoms with van der Waals surface area (Å²) in [7, 11) is 0. The van der Waals surface area contributed by atoms with Crippen LogP contribution in [0.1, 0.15) is 42.7 Å². The fourth-order valence-corrected chi connectivity index (χ4v) is 3.76. The lowest BCUT2D eigenvalue weighted by atomic mass is 10.0. The van der Waals surface area contributed by atoms with Gasteiger partial charge in [-0.25, -0.2) is 9.59 Å². The number of hydrogen-bond donors (Lipinski definition) is 3. The number of amides is 2. The molecule has 2 heterocycles. The second-order valence-corrected chi connectivity index (χ2v) is 8.53. The molecule has 3 rings (SSSR count). The van der Waals surface area contributed by atoms with E-state index >= 15 is 0 Å². The van der Waals surface area contributed by atoms with Crippen LogP contribution in [-0.2, 0) is 20.8 Å². The quantitative estimate of drug-likeness (QED) is 0.443. The van der Waals surface area contributed by atoms with E-state index in [-0.39, 0.29) is 25.3 Å². The minimum absolute atomic E-state index is 0.0248. The minimum atomic E-state index is -1.14. The molecule has 0 aliphatic heterocycles. The third kappa shape index (κ3) is 5.08. The van der Waals surface area contributed by atoms with E-state index in [1.807, 2.05) is 26.8 Å². The Hall–Kier alpha value is -3.62. The predicted molar refractivity (Wildman–Crippen MR) is 122 cm³/mol. The van der Waals surface area contributed by atoms with Gasteiger partial charge in [0.05, 0.1) is 6.54 Å². The number of hydrogen-bond acceptors (Lipinski definition) is 6. The molecule has 1 aromatic carbocycles. The smallest absolute Gasteiger partial charge is 0.339 e. The number of nitrogens with one attached hydrogen (secondary N) is 2. The van der Waals surface area contributed by atoms with E-state index in [2.05, 4.69) is 10.6 Å². The Bertz CT molecular complexity index is 1300. The van der Waals surface area contributed by atoms with Gasteiger partial charge in [0.15, 0.2) is 0 Å². The molecule has 2 aromatic heterocycles. The van der Waals surface area contributed by atoms with Crippen molar-refractivity contribution in [2.45, 2.75) is 53.5 Å². The maximum atomic E-state index is 12.5. The highest BCUT2D eigenvalue weighted by atomic mass is 16.4. The zero-order chi connectivity index (χ0) is 24.4. The van der Waals surface area contributed by atoms with E-state index in [9.17, 15) is 19.2 Å². The minimum Gasteiger partial charge on any atom is -0.480 e. The molecule has 176 valence electrons. The van der Waals surface area contributed by atoms with Gasteiger partial charge in [0, 0.05) is 28.8 Å². The second kappa shape index (κ2) is 9.48. The lowest BCUT2D eigenvalue weighted by molar-refractivity contribution is -0.143. The Morgan fingerprint density at radius 1 is 0.970 bits per heavy atom. The van der Waals surface area contributed by atoms with Crippen molar-refractivity contribution < 1.29 is 28.3 Å². The summed E-state index contributed by atoms with van der Waals surface area (Å²) in [4.78, 5) is 47.9. The average Bonchev–Trinajstić information content (AvgIpc) is 3.01. The standard InChI is InChI=1S/C24H28N2O7/c1-11(2)22(23(29)30)26-21(28)10-25-20(27)7-6-15-13(4)17-8-16-12(3)14(5)32-18(16)9-19(17)33-24(15)31/h8-9,11,22H,6-7,10H2,1-5H3,(H,25,27)(H,26,28)(H,29,30). The van der Waals surface area contributed by atoms with Crippen molar-refractivity contribution >= 4 is 39.7 Å². The van der Waals surface area contributed by atoms with Gasteiger partial charge in [0.2, 0.25) is 11.8 Å². The number of carboxylic acid groups (broad SMARTS) is 1. The first kappa shape index (κ1) is 24.0. The Morgan fingerprint density at radius 2 is 1.61 bits per heavy atom. The highest BCUT2D eigenvalue weighted by Gasteiger charge is 2.23. The zero-order valence-corrected chi connectivity index (χ0v) is 19.3. The summed E-state index contributed by atoms with van der Waals surface area (Å²) in [6.45, 7) is 8.65. The van der Waals surface area contributed by atoms with E-state index < -0.39 is 29.5 Å². The summed E-state index contributed by atoms with van der Waals surface area (Å²) in [6, 6.07) is 2.60. The van der Waals surface area contributed by atoms with Crippen LogP contribution < -0.4 is 16.3 Å². The summed E-state index contributed by atoms with van der Waals surface area (Å²) in [6.07, 6.45) is 0.117. The van der Waals surface area contributed by atoms with Crippen LogP contribution in [0.3, 0.4) is 0 Å². The first-order valence-corrected chi connectivity index (χ1v) is 10.7. The highest BCUT2D eigenvalue weighted by Crippen LogP contribution is 2.31. The van der Waals surface area contributed by atoms with Gasteiger partial charge in [0.25, 0.3) is 0 Å². The van der Waals surface area contributed by atoms with Crippen molar-refractivity contribution in [1.82, 2.24) is 10.6 Å². The second-order valence-electron chi connectivity index (χ2n) is 8.53. The van der Waals surface area contributed by atoms with E-state index in [4.69, 9.17) is 13.9 Å². The third-order valence-electron chi connectivity index (χ3n) is 5.88. The summed E-state index contributed by atoms with van der Waals surface area (Å²) in [5, 5.41) is 15.7. The molecule has 0 aliphatic carbocycles. The predicted octanol–water partition coefficient (Wildman–Crippen LogP) is 2.74. The molecule has 1 atom stereocenters. The van der Waals surface area contributed by atoms with Crippen LogP contribution >= 0.6 is 0 Å². The molecule has 0 bridgehead atoms. The number of aliphatic carboxylic acids is 1. The third-order valence-corrected chi connectivity index (χ3v) is 5.88. The molecule has 0 spiro atoms. The van der Waals surface area contributed by atoms with Gasteiger partial charge in [0.1, 0.15) is 23.0 Å². The number of rotatable bonds is 8. The van der Waals surface area contributed by atoms with Gasteiger partial charge in [-0.3, -0.25) is 9.59 Å². The lowest BCUT2D eigenvalue weighted by Crippen LogP contribution is -2.48. The van der Waals surface area contributed by atoms with Crippen LogP contribution in [0.5, 0.6) is 0 Å². The zero-order valence-electron chi connectivity index (χ0n) is 19.3. The molecule has 33 heavy (non-hydrogen) atoms. The van der Waals surface area contributed by atoms with E-state index in [1.54, 1.807) is 19.9 Å². The average molecular weight is 456 g/mol. The number of benzene rings is 1. The maximum Gasteiger partial charge on any atom is 0.339 e. The van der Waals surface area contributed by atoms with Crippen LogP contribution in [0.25, 0.3) is 21.9 Å². The molecule has 9 heteroatoms. The number of carbonyl (C=O) groups is 3. The molecule has 3 N–H and O–H groups in total. The Labute approximate surface area is 190 Å². The van der Waals surface area contributed by atoms with Gasteiger partial charge < -0.3 is 24.6 Å². The van der Waals surface area contributed by atoms with Crippen molar-refractivity contribution in [3.8, 4) is 0 Å². The van der Waals surface area contributed by atoms with Crippen molar-refractivity contribution in [2.75, 3.05) is 6.54 Å².